The maximum atomic E-state index is 13.4. The van der Waals surface area contributed by atoms with Crippen molar-refractivity contribution in [1.29, 1.82) is 0 Å². The maximum absolute atomic E-state index is 13.4. The van der Waals surface area contributed by atoms with Crippen LogP contribution in [0.5, 0.6) is 5.75 Å². The minimum Gasteiger partial charge on any atom is -0.486 e. The molecule has 2 aliphatic rings. The molecule has 10 nitrogen and oxygen atoms in total. The number of hydrogen-bond donors (Lipinski definition) is 3. The van der Waals surface area contributed by atoms with E-state index >= 15 is 0 Å². The van der Waals surface area contributed by atoms with Gasteiger partial charge in [0.1, 0.15) is 42.0 Å². The number of ether oxygens (including phenoxy) is 2. The number of fused-ring (bicyclic) bond motifs is 1. The van der Waals surface area contributed by atoms with Crippen LogP contribution in [0.3, 0.4) is 0 Å². The molecule has 1 aromatic carbocycles. The van der Waals surface area contributed by atoms with Gasteiger partial charge in [0.15, 0.2) is 0 Å². The number of amides is 1. The first-order chi connectivity index (χ1) is 18.0. The highest BCUT2D eigenvalue weighted by Gasteiger charge is 2.31. The molecule has 2 aromatic heterocycles. The number of H-pyrrole nitrogens is 1. The van der Waals surface area contributed by atoms with Gasteiger partial charge < -0.3 is 25.1 Å². The van der Waals surface area contributed by atoms with Crippen molar-refractivity contribution in [2.24, 2.45) is 0 Å². The average molecular weight is 531 g/mol. The Labute approximate surface area is 217 Å². The largest absolute Gasteiger partial charge is 0.486 e. The van der Waals surface area contributed by atoms with E-state index in [2.05, 4.69) is 30.5 Å². The Hall–Kier alpha value is -3.12. The van der Waals surface area contributed by atoms with E-state index < -0.39 is 5.82 Å². The van der Waals surface area contributed by atoms with Gasteiger partial charge in [-0.3, -0.25) is 19.5 Å². The number of halogens is 2. The SMILES string of the molecule is O=C(CNCc1nccc2c(=O)[nH]c(COc3ccc(F)c(Cl)c3)nc12)NC1CCC(N2CCCC2)O1. The van der Waals surface area contributed by atoms with E-state index in [9.17, 15) is 14.0 Å². The maximum Gasteiger partial charge on any atom is 0.258 e. The number of hydrogen-bond acceptors (Lipinski definition) is 8. The molecule has 1 amide bonds. The Morgan fingerprint density at radius 3 is 2.92 bits per heavy atom. The molecule has 2 saturated heterocycles. The number of aromatic nitrogens is 3. The van der Waals surface area contributed by atoms with Gasteiger partial charge in [-0.25, -0.2) is 9.37 Å². The van der Waals surface area contributed by atoms with Crippen molar-refractivity contribution in [3.05, 3.63) is 63.2 Å². The molecular formula is C25H28ClFN6O4. The minimum absolute atomic E-state index is 0.0584. The van der Waals surface area contributed by atoms with Crippen LogP contribution in [0.2, 0.25) is 5.02 Å². The van der Waals surface area contributed by atoms with Crippen LogP contribution in [0.4, 0.5) is 4.39 Å². The lowest BCUT2D eigenvalue weighted by atomic mass is 10.2. The first-order valence-corrected chi connectivity index (χ1v) is 12.7. The van der Waals surface area contributed by atoms with E-state index in [1.165, 1.54) is 37.2 Å². The van der Waals surface area contributed by atoms with Crippen LogP contribution in [0, 0.1) is 5.82 Å². The molecular weight excluding hydrogens is 503 g/mol. The smallest absolute Gasteiger partial charge is 0.258 e. The molecule has 2 aliphatic heterocycles. The van der Waals surface area contributed by atoms with Gasteiger partial charge in [0, 0.05) is 31.9 Å². The van der Waals surface area contributed by atoms with Gasteiger partial charge in [-0.05, 0) is 43.9 Å². The summed E-state index contributed by atoms with van der Waals surface area (Å²) >= 11 is 5.79. The molecule has 196 valence electrons. The fourth-order valence-electron chi connectivity index (χ4n) is 4.63. The molecule has 0 radical (unpaired) electrons. The van der Waals surface area contributed by atoms with Crippen LogP contribution in [-0.4, -0.2) is 57.8 Å². The number of nitrogens with one attached hydrogen (secondary N) is 3. The molecule has 2 unspecified atom stereocenters. The second-order valence-electron chi connectivity index (χ2n) is 9.10. The van der Waals surface area contributed by atoms with Crippen molar-refractivity contribution in [3.63, 3.8) is 0 Å². The van der Waals surface area contributed by atoms with E-state index in [-0.39, 0.29) is 54.5 Å². The molecule has 0 aliphatic carbocycles. The molecule has 2 atom stereocenters. The Kier molecular flexibility index (Phi) is 7.94. The third kappa shape index (κ3) is 6.24. The Balaban J connectivity index is 1.17. The lowest BCUT2D eigenvalue weighted by Crippen LogP contribution is -2.42. The van der Waals surface area contributed by atoms with E-state index in [1.807, 2.05) is 0 Å². The number of carbonyl (C=O) groups is 1. The summed E-state index contributed by atoms with van der Waals surface area (Å²) in [6.07, 6.45) is 5.43. The highest BCUT2D eigenvalue weighted by molar-refractivity contribution is 6.30. The fourth-order valence-corrected chi connectivity index (χ4v) is 4.80. The van der Waals surface area contributed by atoms with Gasteiger partial charge in [-0.1, -0.05) is 11.6 Å². The Bertz CT molecular complexity index is 1330. The number of carbonyl (C=O) groups excluding carboxylic acids is 1. The molecule has 2 fully saturated rings. The van der Waals surface area contributed by atoms with Crippen LogP contribution in [-0.2, 0) is 22.7 Å². The van der Waals surface area contributed by atoms with Crippen molar-refractivity contribution in [3.8, 4) is 5.75 Å². The molecule has 4 heterocycles. The van der Waals surface area contributed by atoms with Gasteiger partial charge in [-0.15, -0.1) is 0 Å². The van der Waals surface area contributed by atoms with E-state index in [0.717, 1.165) is 25.9 Å². The Morgan fingerprint density at radius 1 is 1.27 bits per heavy atom. The fraction of sp³-hybridized carbons (Fsp3) is 0.440. The van der Waals surface area contributed by atoms with E-state index in [1.54, 1.807) is 6.07 Å². The zero-order valence-electron chi connectivity index (χ0n) is 20.1. The number of benzene rings is 1. The van der Waals surface area contributed by atoms with E-state index in [0.29, 0.717) is 22.3 Å². The lowest BCUT2D eigenvalue weighted by molar-refractivity contribution is -0.126. The summed E-state index contributed by atoms with van der Waals surface area (Å²) in [6.45, 7) is 2.34. The van der Waals surface area contributed by atoms with Gasteiger partial charge in [0.05, 0.1) is 22.6 Å². The second-order valence-corrected chi connectivity index (χ2v) is 9.51. The third-order valence-corrected chi connectivity index (χ3v) is 6.75. The summed E-state index contributed by atoms with van der Waals surface area (Å²) in [5, 5.41) is 6.30. The van der Waals surface area contributed by atoms with Crippen molar-refractivity contribution < 1.29 is 18.7 Å². The van der Waals surface area contributed by atoms with Crippen molar-refractivity contribution >= 4 is 28.4 Å². The summed E-state index contributed by atoms with van der Waals surface area (Å²) in [7, 11) is 0. The topological polar surface area (TPSA) is 121 Å². The molecule has 0 bridgehead atoms. The quantitative estimate of drug-likeness (QED) is 0.386. The molecule has 5 rings (SSSR count). The van der Waals surface area contributed by atoms with Crippen LogP contribution < -0.4 is 20.9 Å². The van der Waals surface area contributed by atoms with Crippen molar-refractivity contribution in [1.82, 2.24) is 30.5 Å². The second kappa shape index (κ2) is 11.5. The third-order valence-electron chi connectivity index (χ3n) is 6.46. The summed E-state index contributed by atoms with van der Waals surface area (Å²) in [4.78, 5) is 38.9. The predicted octanol–water partition coefficient (Wildman–Crippen LogP) is 2.45. The zero-order chi connectivity index (χ0) is 25.8. The lowest BCUT2D eigenvalue weighted by Gasteiger charge is -2.23. The number of likely N-dealkylation sites (tertiary alicyclic amines) is 1. The first-order valence-electron chi connectivity index (χ1n) is 12.3. The molecule has 37 heavy (non-hydrogen) atoms. The predicted molar refractivity (Wildman–Crippen MR) is 134 cm³/mol. The first kappa shape index (κ1) is 25.5. The number of nitrogens with zero attached hydrogens (tertiary/aromatic N) is 3. The van der Waals surface area contributed by atoms with Crippen molar-refractivity contribution in [2.45, 2.75) is 51.3 Å². The standard InChI is InChI=1S/C25H28ClFN6O4/c26-17-11-15(3-4-18(17)27)36-14-20-30-24-16(25(35)31-20)7-8-29-19(24)12-28-13-21(34)32-22-5-6-23(37-22)33-9-1-2-10-33/h3-4,7-8,11,22-23,28H,1-2,5-6,9-10,12-14H2,(H,32,34)(H,30,31,35). The number of rotatable bonds is 9. The molecule has 3 aromatic rings. The number of pyridine rings is 1. The summed E-state index contributed by atoms with van der Waals surface area (Å²) in [5.41, 5.74) is 0.587. The number of aromatic amines is 1. The normalized spacial score (nSPS) is 19.9. The molecule has 0 saturated carbocycles. The Morgan fingerprint density at radius 2 is 2.11 bits per heavy atom. The van der Waals surface area contributed by atoms with Crippen LogP contribution in [0.25, 0.3) is 10.9 Å². The molecule has 3 N–H and O–H groups in total. The van der Waals surface area contributed by atoms with Gasteiger partial charge in [0.2, 0.25) is 5.91 Å². The van der Waals surface area contributed by atoms with Gasteiger partial charge in [-0.2, -0.15) is 0 Å². The minimum atomic E-state index is -0.551. The highest BCUT2D eigenvalue weighted by atomic mass is 35.5. The van der Waals surface area contributed by atoms with E-state index in [4.69, 9.17) is 21.1 Å². The molecule has 0 spiro atoms. The summed E-state index contributed by atoms with van der Waals surface area (Å²) < 4.78 is 25.0. The van der Waals surface area contributed by atoms with Crippen LogP contribution in [0.15, 0.2) is 35.3 Å². The highest BCUT2D eigenvalue weighted by Crippen LogP contribution is 2.24. The van der Waals surface area contributed by atoms with Crippen LogP contribution >= 0.6 is 11.6 Å². The molecule has 12 heteroatoms. The summed E-state index contributed by atoms with van der Waals surface area (Å²) in [6, 6.07) is 5.56. The van der Waals surface area contributed by atoms with Crippen molar-refractivity contribution in [2.75, 3.05) is 19.6 Å². The zero-order valence-corrected chi connectivity index (χ0v) is 20.9. The van der Waals surface area contributed by atoms with Gasteiger partial charge >= 0.3 is 0 Å². The van der Waals surface area contributed by atoms with Crippen LogP contribution in [0.1, 0.15) is 37.2 Å². The van der Waals surface area contributed by atoms with Gasteiger partial charge in [0.25, 0.3) is 5.56 Å². The summed E-state index contributed by atoms with van der Waals surface area (Å²) in [5.74, 6) is -0.113. The average Bonchev–Trinajstić information content (AvgIpc) is 3.57. The monoisotopic (exact) mass is 530 g/mol.